The standard InChI is InChI=1S/C19H21F2N5O5/c1-11(18(31)26-10-19(20,21)7-14(26)8-22)25-17(30)12-4-5-23-13(6-12)9-24-15(27)2-3-16(28)29/h4-6,11,14H,2-3,7,9-10H2,1H3,(H,24,27)(H,25,30)(H,28,29)/t11-,14+/m1/s1. The Labute approximate surface area is 176 Å². The molecule has 10 nitrogen and oxygen atoms in total. The van der Waals surface area contributed by atoms with Gasteiger partial charge in [-0.2, -0.15) is 5.26 Å². The van der Waals surface area contributed by atoms with Crippen LogP contribution in [0.1, 0.15) is 42.2 Å². The molecule has 0 radical (unpaired) electrons. The lowest BCUT2D eigenvalue weighted by Crippen LogP contribution is -2.48. The number of alkyl halides is 2. The van der Waals surface area contributed by atoms with Gasteiger partial charge in [-0.1, -0.05) is 0 Å². The van der Waals surface area contributed by atoms with Gasteiger partial charge in [0.1, 0.15) is 12.1 Å². The Kier molecular flexibility index (Phi) is 7.57. The molecule has 2 atom stereocenters. The van der Waals surface area contributed by atoms with Crippen LogP contribution in [0.25, 0.3) is 0 Å². The predicted octanol–water partition coefficient (Wildman–Crippen LogP) is 0.441. The van der Waals surface area contributed by atoms with Gasteiger partial charge in [0, 0.05) is 24.6 Å². The molecule has 2 heterocycles. The average molecular weight is 437 g/mol. The third-order valence-electron chi connectivity index (χ3n) is 4.53. The third kappa shape index (κ3) is 6.70. The maximum atomic E-state index is 13.5. The summed E-state index contributed by atoms with van der Waals surface area (Å²) in [4.78, 5) is 51.7. The van der Waals surface area contributed by atoms with E-state index in [-0.39, 0.29) is 24.9 Å². The van der Waals surface area contributed by atoms with Gasteiger partial charge in [-0.25, -0.2) is 8.78 Å². The lowest BCUT2D eigenvalue weighted by Gasteiger charge is -2.23. The Morgan fingerprint density at radius 1 is 1.39 bits per heavy atom. The summed E-state index contributed by atoms with van der Waals surface area (Å²) >= 11 is 0. The van der Waals surface area contributed by atoms with Crippen molar-refractivity contribution in [3.63, 3.8) is 0 Å². The highest BCUT2D eigenvalue weighted by molar-refractivity contribution is 5.97. The van der Waals surface area contributed by atoms with Crippen molar-refractivity contribution in [2.45, 2.75) is 50.7 Å². The van der Waals surface area contributed by atoms with E-state index in [1.165, 1.54) is 25.3 Å². The van der Waals surface area contributed by atoms with Crippen molar-refractivity contribution in [3.05, 3.63) is 29.6 Å². The van der Waals surface area contributed by atoms with E-state index in [0.717, 1.165) is 4.90 Å². The minimum Gasteiger partial charge on any atom is -0.481 e. The first kappa shape index (κ1) is 23.7. The van der Waals surface area contributed by atoms with Crippen LogP contribution in [-0.2, 0) is 20.9 Å². The molecule has 2 rings (SSSR count). The van der Waals surface area contributed by atoms with E-state index in [1.54, 1.807) is 6.07 Å². The summed E-state index contributed by atoms with van der Waals surface area (Å²) in [6.07, 6.45) is 0.0479. The fourth-order valence-electron chi connectivity index (χ4n) is 2.97. The first-order chi connectivity index (χ1) is 14.5. The van der Waals surface area contributed by atoms with E-state index in [1.807, 2.05) is 0 Å². The number of likely N-dealkylation sites (tertiary alicyclic amines) is 1. The van der Waals surface area contributed by atoms with E-state index in [0.29, 0.717) is 5.69 Å². The summed E-state index contributed by atoms with van der Waals surface area (Å²) in [5.41, 5.74) is 0.437. The Hall–Kier alpha value is -3.62. The van der Waals surface area contributed by atoms with Crippen molar-refractivity contribution < 1.29 is 33.1 Å². The normalized spacial score (nSPS) is 18.0. The van der Waals surface area contributed by atoms with Gasteiger partial charge in [0.2, 0.25) is 11.8 Å². The summed E-state index contributed by atoms with van der Waals surface area (Å²) in [5, 5.41) is 22.5. The third-order valence-corrected chi connectivity index (χ3v) is 4.53. The lowest BCUT2D eigenvalue weighted by molar-refractivity contribution is -0.138. The quantitative estimate of drug-likeness (QED) is 0.533. The second-order valence-corrected chi connectivity index (χ2v) is 7.07. The maximum absolute atomic E-state index is 13.5. The molecule has 12 heteroatoms. The molecule has 0 aromatic carbocycles. The van der Waals surface area contributed by atoms with Gasteiger partial charge in [-0.3, -0.25) is 24.2 Å². The van der Waals surface area contributed by atoms with Gasteiger partial charge < -0.3 is 20.6 Å². The predicted molar refractivity (Wildman–Crippen MR) is 101 cm³/mol. The number of carboxylic acid groups (broad SMARTS) is 1. The monoisotopic (exact) mass is 437 g/mol. The molecular formula is C19H21F2N5O5. The van der Waals surface area contributed by atoms with E-state index < -0.39 is 54.7 Å². The number of carbonyl (C=O) groups excluding carboxylic acids is 3. The highest BCUT2D eigenvalue weighted by Crippen LogP contribution is 2.32. The molecule has 1 aromatic rings. The van der Waals surface area contributed by atoms with Crippen LogP contribution in [0.5, 0.6) is 0 Å². The van der Waals surface area contributed by atoms with Crippen LogP contribution in [0, 0.1) is 11.3 Å². The zero-order chi connectivity index (χ0) is 23.2. The molecular weight excluding hydrogens is 416 g/mol. The number of hydrogen-bond donors (Lipinski definition) is 3. The lowest BCUT2D eigenvalue weighted by atomic mass is 10.1. The van der Waals surface area contributed by atoms with E-state index >= 15 is 0 Å². The number of pyridine rings is 1. The largest absolute Gasteiger partial charge is 0.481 e. The molecule has 0 aliphatic carbocycles. The molecule has 1 fully saturated rings. The second kappa shape index (κ2) is 9.92. The SMILES string of the molecule is C[C@@H](NC(=O)c1ccnc(CNC(=O)CCC(=O)O)c1)C(=O)N1CC(F)(F)C[C@H]1C#N. The fraction of sp³-hybridized carbons (Fsp3) is 0.474. The Balaban J connectivity index is 1.95. The molecule has 1 aliphatic rings. The number of halogens is 2. The smallest absolute Gasteiger partial charge is 0.303 e. The number of rotatable bonds is 8. The van der Waals surface area contributed by atoms with Crippen molar-refractivity contribution in [2.75, 3.05) is 6.54 Å². The summed E-state index contributed by atoms with van der Waals surface area (Å²) in [7, 11) is 0. The van der Waals surface area contributed by atoms with Crippen molar-refractivity contribution in [1.29, 1.82) is 5.26 Å². The number of hydrogen-bond acceptors (Lipinski definition) is 6. The molecule has 3 amide bonds. The average Bonchev–Trinajstić information content (AvgIpc) is 3.04. The molecule has 0 spiro atoms. The molecule has 0 unspecified atom stereocenters. The second-order valence-electron chi connectivity index (χ2n) is 7.07. The molecule has 3 N–H and O–H groups in total. The number of nitrogens with zero attached hydrogens (tertiary/aromatic N) is 3. The van der Waals surface area contributed by atoms with Crippen LogP contribution in [0.2, 0.25) is 0 Å². The van der Waals surface area contributed by atoms with Crippen molar-refractivity contribution in [3.8, 4) is 6.07 Å². The number of nitrogens with one attached hydrogen (secondary N) is 2. The number of amides is 3. The van der Waals surface area contributed by atoms with Crippen LogP contribution < -0.4 is 10.6 Å². The van der Waals surface area contributed by atoms with Gasteiger partial charge in [0.05, 0.1) is 31.3 Å². The number of carboxylic acids is 1. The van der Waals surface area contributed by atoms with E-state index in [9.17, 15) is 28.0 Å². The summed E-state index contributed by atoms with van der Waals surface area (Å²) < 4.78 is 27.1. The molecule has 31 heavy (non-hydrogen) atoms. The number of aliphatic carboxylic acids is 1. The van der Waals surface area contributed by atoms with Gasteiger partial charge in [0.15, 0.2) is 0 Å². The Morgan fingerprint density at radius 2 is 2.10 bits per heavy atom. The molecule has 1 saturated heterocycles. The van der Waals surface area contributed by atoms with Crippen molar-refractivity contribution in [2.24, 2.45) is 0 Å². The minimum atomic E-state index is -3.16. The Morgan fingerprint density at radius 3 is 2.74 bits per heavy atom. The van der Waals surface area contributed by atoms with Gasteiger partial charge in [-0.05, 0) is 19.1 Å². The van der Waals surface area contributed by atoms with Crippen LogP contribution >= 0.6 is 0 Å². The summed E-state index contributed by atoms with van der Waals surface area (Å²) in [6, 6.07) is 1.99. The van der Waals surface area contributed by atoms with Crippen LogP contribution in [0.4, 0.5) is 8.78 Å². The zero-order valence-electron chi connectivity index (χ0n) is 16.6. The highest BCUT2D eigenvalue weighted by atomic mass is 19.3. The van der Waals surface area contributed by atoms with E-state index in [2.05, 4.69) is 15.6 Å². The first-order valence-corrected chi connectivity index (χ1v) is 9.34. The molecule has 1 aliphatic heterocycles. The van der Waals surface area contributed by atoms with Crippen molar-refractivity contribution >= 4 is 23.7 Å². The number of aromatic nitrogens is 1. The Bertz CT molecular complexity index is 917. The molecule has 1 aromatic heterocycles. The van der Waals surface area contributed by atoms with Gasteiger partial charge in [-0.15, -0.1) is 0 Å². The number of nitriles is 1. The summed E-state index contributed by atoms with van der Waals surface area (Å²) in [5.74, 6) is -6.21. The minimum absolute atomic E-state index is 0.0409. The number of carbonyl (C=O) groups is 4. The molecule has 0 bridgehead atoms. The van der Waals surface area contributed by atoms with E-state index in [4.69, 9.17) is 10.4 Å². The molecule has 0 saturated carbocycles. The van der Waals surface area contributed by atoms with Crippen LogP contribution in [-0.4, -0.2) is 63.2 Å². The zero-order valence-corrected chi connectivity index (χ0v) is 16.6. The highest BCUT2D eigenvalue weighted by Gasteiger charge is 2.48. The first-order valence-electron chi connectivity index (χ1n) is 9.34. The summed E-state index contributed by atoms with van der Waals surface area (Å²) in [6.45, 7) is 0.405. The van der Waals surface area contributed by atoms with Crippen molar-refractivity contribution in [1.82, 2.24) is 20.5 Å². The van der Waals surface area contributed by atoms with Gasteiger partial charge in [0.25, 0.3) is 11.8 Å². The molecule has 166 valence electrons. The van der Waals surface area contributed by atoms with Gasteiger partial charge >= 0.3 is 5.97 Å². The topological polar surface area (TPSA) is 152 Å². The van der Waals surface area contributed by atoms with Crippen LogP contribution in [0.15, 0.2) is 18.3 Å². The maximum Gasteiger partial charge on any atom is 0.303 e. The van der Waals surface area contributed by atoms with Crippen LogP contribution in [0.3, 0.4) is 0 Å². The fourth-order valence-corrected chi connectivity index (χ4v) is 2.97.